The Labute approximate surface area is 94.6 Å². The van der Waals surface area contributed by atoms with E-state index < -0.39 is 0 Å². The van der Waals surface area contributed by atoms with Crippen molar-refractivity contribution in [2.75, 3.05) is 0 Å². The van der Waals surface area contributed by atoms with Crippen LogP contribution in [-0.4, -0.2) is 15.6 Å². The maximum absolute atomic E-state index is 12.9. The number of aromatic nitrogens is 1. The zero-order valence-electron chi connectivity index (χ0n) is 8.05. The van der Waals surface area contributed by atoms with Gasteiger partial charge in [-0.3, -0.25) is 4.79 Å². The van der Waals surface area contributed by atoms with Gasteiger partial charge in [-0.25, -0.2) is 4.39 Å². The third-order valence-electron chi connectivity index (χ3n) is 2.27. The largest absolute Gasteiger partial charge is 0.360 e. The summed E-state index contributed by atoms with van der Waals surface area (Å²) in [6.45, 7) is 1.77. The van der Waals surface area contributed by atoms with Crippen molar-refractivity contribution >= 4 is 32.6 Å². The molecule has 0 saturated carbocycles. The van der Waals surface area contributed by atoms with Crippen LogP contribution in [0.4, 0.5) is 4.39 Å². The number of Topliss-reactive ketones (excluding diaryl/α,β-unsaturated/α-hetero) is 1. The highest BCUT2D eigenvalue weighted by molar-refractivity contribution is 9.10. The Balaban J connectivity index is 2.59. The van der Waals surface area contributed by atoms with Crippen LogP contribution in [0.2, 0.25) is 0 Å². The second-order valence-electron chi connectivity index (χ2n) is 3.37. The molecule has 0 fully saturated rings. The first-order valence-electron chi connectivity index (χ1n) is 4.54. The van der Waals surface area contributed by atoms with Crippen LogP contribution in [0, 0.1) is 5.82 Å². The summed E-state index contributed by atoms with van der Waals surface area (Å²) in [5.41, 5.74) is 1.24. The number of benzene rings is 1. The third kappa shape index (κ3) is 1.81. The quantitative estimate of drug-likeness (QED) is 0.659. The van der Waals surface area contributed by atoms with E-state index in [1.54, 1.807) is 19.2 Å². The number of nitrogens with one attached hydrogen (secondary N) is 1. The van der Waals surface area contributed by atoms with Gasteiger partial charge in [0.05, 0.1) is 4.83 Å². The van der Waals surface area contributed by atoms with Crippen molar-refractivity contribution in [3.05, 3.63) is 35.8 Å². The first kappa shape index (κ1) is 10.4. The fraction of sp³-hybridized carbons (Fsp3) is 0.182. The van der Waals surface area contributed by atoms with Crippen LogP contribution in [0.3, 0.4) is 0 Å². The molecular weight excluding hydrogens is 261 g/mol. The van der Waals surface area contributed by atoms with Gasteiger partial charge in [0.25, 0.3) is 0 Å². The van der Waals surface area contributed by atoms with Crippen LogP contribution >= 0.6 is 15.9 Å². The van der Waals surface area contributed by atoms with E-state index in [1.807, 2.05) is 0 Å². The van der Waals surface area contributed by atoms with Crippen LogP contribution < -0.4 is 0 Å². The van der Waals surface area contributed by atoms with Gasteiger partial charge in [0.2, 0.25) is 0 Å². The molecule has 0 spiro atoms. The third-order valence-corrected chi connectivity index (χ3v) is 2.69. The fourth-order valence-corrected chi connectivity index (χ4v) is 1.76. The molecule has 1 N–H and O–H groups in total. The van der Waals surface area contributed by atoms with Gasteiger partial charge in [0.15, 0.2) is 5.78 Å². The lowest BCUT2D eigenvalue weighted by Gasteiger charge is -2.00. The molecule has 0 aliphatic heterocycles. The second kappa shape index (κ2) is 3.77. The number of alkyl halides is 1. The lowest BCUT2D eigenvalue weighted by atomic mass is 10.1. The normalized spacial score (nSPS) is 13.0. The molecule has 0 radical (unpaired) electrons. The highest BCUT2D eigenvalue weighted by atomic mass is 79.9. The van der Waals surface area contributed by atoms with E-state index in [4.69, 9.17) is 0 Å². The summed E-state index contributed by atoms with van der Waals surface area (Å²) in [5, 5.41) is 0.757. The summed E-state index contributed by atoms with van der Waals surface area (Å²) >= 11 is 3.22. The van der Waals surface area contributed by atoms with Gasteiger partial charge in [0, 0.05) is 22.7 Å². The molecule has 0 saturated heterocycles. The molecule has 0 aliphatic rings. The summed E-state index contributed by atoms with van der Waals surface area (Å²) < 4.78 is 12.9. The molecule has 2 aromatic rings. The number of rotatable bonds is 2. The maximum atomic E-state index is 12.9. The van der Waals surface area contributed by atoms with Crippen LogP contribution in [0.1, 0.15) is 17.3 Å². The predicted molar refractivity (Wildman–Crippen MR) is 61.0 cm³/mol. The number of halogens is 2. The zero-order chi connectivity index (χ0) is 11.0. The molecule has 1 unspecified atom stereocenters. The summed E-state index contributed by atoms with van der Waals surface area (Å²) in [4.78, 5) is 14.4. The monoisotopic (exact) mass is 269 g/mol. The molecule has 15 heavy (non-hydrogen) atoms. The fourth-order valence-electron chi connectivity index (χ4n) is 1.52. The molecule has 4 heteroatoms. The number of carbonyl (C=O) groups is 1. The van der Waals surface area contributed by atoms with E-state index in [0.717, 1.165) is 5.39 Å². The standard InChI is InChI=1S/C11H9BrFNO/c1-6(12)11(15)9-5-14-10-4-7(13)2-3-8(9)10/h2-6,14H,1H3. The van der Waals surface area contributed by atoms with Crippen molar-refractivity contribution in [1.82, 2.24) is 4.98 Å². The van der Waals surface area contributed by atoms with E-state index in [1.165, 1.54) is 12.1 Å². The molecule has 1 heterocycles. The zero-order valence-corrected chi connectivity index (χ0v) is 9.64. The Morgan fingerprint density at radius 1 is 1.53 bits per heavy atom. The van der Waals surface area contributed by atoms with Crippen molar-refractivity contribution in [3.8, 4) is 0 Å². The first-order chi connectivity index (χ1) is 7.09. The summed E-state index contributed by atoms with van der Waals surface area (Å²) in [5.74, 6) is -0.317. The van der Waals surface area contributed by atoms with Crippen LogP contribution in [0.15, 0.2) is 24.4 Å². The Morgan fingerprint density at radius 2 is 2.27 bits per heavy atom. The topological polar surface area (TPSA) is 32.9 Å². The Hall–Kier alpha value is -1.16. The highest BCUT2D eigenvalue weighted by Gasteiger charge is 2.16. The average Bonchev–Trinajstić information content (AvgIpc) is 2.59. The molecule has 0 amide bonds. The molecular formula is C11H9BrFNO. The van der Waals surface area contributed by atoms with Crippen molar-refractivity contribution in [2.45, 2.75) is 11.8 Å². The molecule has 0 bridgehead atoms. The van der Waals surface area contributed by atoms with Crippen molar-refractivity contribution in [2.24, 2.45) is 0 Å². The lowest BCUT2D eigenvalue weighted by Crippen LogP contribution is -2.08. The minimum Gasteiger partial charge on any atom is -0.360 e. The average molecular weight is 270 g/mol. The summed E-state index contributed by atoms with van der Waals surface area (Å²) in [7, 11) is 0. The van der Waals surface area contributed by atoms with E-state index >= 15 is 0 Å². The Morgan fingerprint density at radius 3 is 2.93 bits per heavy atom. The van der Waals surface area contributed by atoms with Crippen molar-refractivity contribution in [3.63, 3.8) is 0 Å². The van der Waals surface area contributed by atoms with Gasteiger partial charge in [-0.05, 0) is 25.1 Å². The van der Waals surface area contributed by atoms with Gasteiger partial charge < -0.3 is 4.98 Å². The number of hydrogen-bond acceptors (Lipinski definition) is 1. The maximum Gasteiger partial charge on any atom is 0.178 e. The molecule has 78 valence electrons. The van der Waals surface area contributed by atoms with Gasteiger partial charge in [-0.15, -0.1) is 0 Å². The van der Waals surface area contributed by atoms with Crippen LogP contribution in [-0.2, 0) is 0 Å². The SMILES string of the molecule is CC(Br)C(=O)c1c[nH]c2cc(F)ccc12. The van der Waals surface area contributed by atoms with E-state index in [9.17, 15) is 9.18 Å². The lowest BCUT2D eigenvalue weighted by molar-refractivity contribution is 0.0997. The molecule has 2 nitrogen and oxygen atoms in total. The van der Waals surface area contributed by atoms with E-state index in [0.29, 0.717) is 11.1 Å². The smallest absolute Gasteiger partial charge is 0.178 e. The highest BCUT2D eigenvalue weighted by Crippen LogP contribution is 2.21. The Kier molecular flexibility index (Phi) is 2.61. The van der Waals surface area contributed by atoms with Gasteiger partial charge >= 0.3 is 0 Å². The van der Waals surface area contributed by atoms with E-state index in [-0.39, 0.29) is 16.4 Å². The Bertz CT molecular complexity index is 518. The number of ketones is 1. The van der Waals surface area contributed by atoms with Crippen molar-refractivity contribution in [1.29, 1.82) is 0 Å². The van der Waals surface area contributed by atoms with E-state index in [2.05, 4.69) is 20.9 Å². The number of hydrogen-bond donors (Lipinski definition) is 1. The minimum atomic E-state index is -0.310. The van der Waals surface area contributed by atoms with Gasteiger partial charge in [-0.2, -0.15) is 0 Å². The van der Waals surface area contributed by atoms with Crippen LogP contribution in [0.25, 0.3) is 10.9 Å². The molecule has 0 aliphatic carbocycles. The van der Waals surface area contributed by atoms with Gasteiger partial charge in [-0.1, -0.05) is 15.9 Å². The molecule has 1 atom stereocenters. The molecule has 1 aromatic carbocycles. The number of aromatic amines is 1. The summed E-state index contributed by atoms with van der Waals surface area (Å²) in [6, 6.07) is 4.35. The minimum absolute atomic E-state index is 0.00661. The predicted octanol–water partition coefficient (Wildman–Crippen LogP) is 3.27. The number of H-pyrrole nitrogens is 1. The van der Waals surface area contributed by atoms with Crippen molar-refractivity contribution < 1.29 is 9.18 Å². The van der Waals surface area contributed by atoms with Gasteiger partial charge in [0.1, 0.15) is 5.82 Å². The van der Waals surface area contributed by atoms with Crippen LogP contribution in [0.5, 0.6) is 0 Å². The summed E-state index contributed by atoms with van der Waals surface area (Å²) in [6.07, 6.45) is 1.62. The molecule has 2 rings (SSSR count). The number of carbonyl (C=O) groups excluding carboxylic acids is 1. The molecule has 1 aromatic heterocycles. The number of fused-ring (bicyclic) bond motifs is 1. The second-order valence-corrected chi connectivity index (χ2v) is 4.75. The first-order valence-corrected chi connectivity index (χ1v) is 5.46.